The summed E-state index contributed by atoms with van der Waals surface area (Å²) < 4.78 is 6.11. The van der Waals surface area contributed by atoms with E-state index in [1.165, 1.54) is 49.2 Å². The molecule has 2 aliphatic rings. The van der Waals surface area contributed by atoms with Crippen molar-refractivity contribution in [3.8, 4) is 5.75 Å². The highest BCUT2D eigenvalue weighted by atomic mass is 16.5. The van der Waals surface area contributed by atoms with Crippen molar-refractivity contribution in [1.82, 2.24) is 24.8 Å². The molecule has 0 spiro atoms. The Labute approximate surface area is 223 Å². The van der Waals surface area contributed by atoms with Gasteiger partial charge in [-0.3, -0.25) is 19.5 Å². The lowest BCUT2D eigenvalue weighted by Crippen LogP contribution is -2.35. The van der Waals surface area contributed by atoms with Crippen LogP contribution in [-0.2, 0) is 22.6 Å². The number of imidazole rings is 1. The van der Waals surface area contributed by atoms with Crippen molar-refractivity contribution in [1.29, 1.82) is 0 Å². The van der Waals surface area contributed by atoms with Crippen LogP contribution in [0.25, 0.3) is 0 Å². The number of carboxylic acid groups (broad SMARTS) is 2. The number of carbonyl (C=O) groups is 2. The van der Waals surface area contributed by atoms with Gasteiger partial charge in [0.25, 0.3) is 12.9 Å². The number of piperidine rings is 1. The van der Waals surface area contributed by atoms with Gasteiger partial charge >= 0.3 is 0 Å². The van der Waals surface area contributed by atoms with E-state index in [4.69, 9.17) is 24.5 Å². The monoisotopic (exact) mass is 523 g/mol. The van der Waals surface area contributed by atoms with Crippen molar-refractivity contribution < 1.29 is 24.5 Å². The molecule has 2 aromatic heterocycles. The van der Waals surface area contributed by atoms with Crippen molar-refractivity contribution in [2.45, 2.75) is 44.7 Å². The van der Waals surface area contributed by atoms with Gasteiger partial charge in [-0.15, -0.1) is 0 Å². The van der Waals surface area contributed by atoms with Gasteiger partial charge in [0, 0.05) is 44.1 Å². The Morgan fingerprint density at radius 1 is 1.05 bits per heavy atom. The van der Waals surface area contributed by atoms with E-state index in [1.54, 1.807) is 0 Å². The molecule has 1 atom stereocenters. The molecular formula is C28H37N5O5. The molecule has 0 amide bonds. The molecular weight excluding hydrogens is 486 g/mol. The summed E-state index contributed by atoms with van der Waals surface area (Å²) >= 11 is 0. The van der Waals surface area contributed by atoms with Crippen molar-refractivity contribution in [3.05, 3.63) is 77.6 Å². The molecule has 10 heteroatoms. The molecule has 1 fully saturated rings. The number of hydrogen-bond donors (Lipinski definition) is 3. The van der Waals surface area contributed by atoms with Gasteiger partial charge in [-0.2, -0.15) is 0 Å². The van der Waals surface area contributed by atoms with Gasteiger partial charge in [0.1, 0.15) is 5.75 Å². The van der Waals surface area contributed by atoms with E-state index in [1.807, 2.05) is 24.8 Å². The largest absolute Gasteiger partial charge is 0.494 e. The van der Waals surface area contributed by atoms with Crippen LogP contribution >= 0.6 is 0 Å². The van der Waals surface area contributed by atoms with Gasteiger partial charge in [-0.25, -0.2) is 4.98 Å². The first kappa shape index (κ1) is 28.8. The Balaban J connectivity index is 0.000000611. The second kappa shape index (κ2) is 16.2. The zero-order chi connectivity index (χ0) is 27.0. The van der Waals surface area contributed by atoms with Crippen LogP contribution in [0.1, 0.15) is 54.2 Å². The Hall–Kier alpha value is -3.76. The molecule has 10 nitrogen and oxygen atoms in total. The third-order valence-electron chi connectivity index (χ3n) is 6.65. The van der Waals surface area contributed by atoms with Crippen molar-refractivity contribution in [2.24, 2.45) is 0 Å². The molecule has 204 valence electrons. The number of aromatic nitrogens is 3. The van der Waals surface area contributed by atoms with Crippen LogP contribution in [0.15, 0.2) is 55.1 Å². The average Bonchev–Trinajstić information content (AvgIpc) is 3.42. The summed E-state index contributed by atoms with van der Waals surface area (Å²) in [5.41, 5.74) is 4.81. The molecule has 38 heavy (non-hydrogen) atoms. The van der Waals surface area contributed by atoms with Crippen LogP contribution in [0.3, 0.4) is 0 Å². The Kier molecular flexibility index (Phi) is 12.2. The predicted molar refractivity (Wildman–Crippen MR) is 143 cm³/mol. The number of likely N-dealkylation sites (tertiary alicyclic amines) is 1. The van der Waals surface area contributed by atoms with Crippen LogP contribution in [0.2, 0.25) is 0 Å². The molecule has 4 heterocycles. The number of ether oxygens (including phenoxy) is 1. The molecule has 3 aromatic rings. The average molecular weight is 524 g/mol. The maximum absolute atomic E-state index is 8.36. The Morgan fingerprint density at radius 3 is 2.58 bits per heavy atom. The fourth-order valence-corrected chi connectivity index (χ4v) is 5.03. The summed E-state index contributed by atoms with van der Waals surface area (Å²) in [5, 5.41) is 13.8. The molecule has 1 saturated heterocycles. The zero-order valence-electron chi connectivity index (χ0n) is 21.6. The minimum atomic E-state index is -0.250. The van der Waals surface area contributed by atoms with Gasteiger partial charge in [-0.1, -0.05) is 24.6 Å². The summed E-state index contributed by atoms with van der Waals surface area (Å²) in [4.78, 5) is 34.1. The number of aromatic amines is 1. The summed E-state index contributed by atoms with van der Waals surface area (Å²) in [6, 6.07) is 12.8. The number of rotatable bonds is 8. The lowest BCUT2D eigenvalue weighted by molar-refractivity contribution is -0.123. The number of H-pyrrole nitrogens is 1. The third kappa shape index (κ3) is 8.67. The van der Waals surface area contributed by atoms with E-state index in [0.717, 1.165) is 50.5 Å². The highest BCUT2D eigenvalue weighted by Gasteiger charge is 2.31. The van der Waals surface area contributed by atoms with Gasteiger partial charge in [-0.05, 0) is 61.7 Å². The van der Waals surface area contributed by atoms with Gasteiger partial charge in [0.2, 0.25) is 0 Å². The van der Waals surface area contributed by atoms with Crippen LogP contribution in [-0.4, -0.2) is 80.7 Å². The third-order valence-corrected chi connectivity index (χ3v) is 6.65. The normalized spacial score (nSPS) is 17.1. The number of benzene rings is 1. The summed E-state index contributed by atoms with van der Waals surface area (Å²) in [7, 11) is 0. The maximum Gasteiger partial charge on any atom is 0.290 e. The topological polar surface area (TPSA) is 132 Å². The van der Waals surface area contributed by atoms with Crippen LogP contribution in [0.5, 0.6) is 5.75 Å². The smallest absolute Gasteiger partial charge is 0.290 e. The van der Waals surface area contributed by atoms with E-state index in [2.05, 4.69) is 55.1 Å². The van der Waals surface area contributed by atoms with Crippen molar-refractivity contribution in [2.75, 3.05) is 32.8 Å². The molecule has 2 aliphatic heterocycles. The molecule has 1 aromatic carbocycles. The van der Waals surface area contributed by atoms with E-state index >= 15 is 0 Å². The fraction of sp³-hybridized carbons (Fsp3) is 0.429. The molecule has 3 N–H and O–H groups in total. The van der Waals surface area contributed by atoms with Crippen molar-refractivity contribution in [3.63, 3.8) is 0 Å². The number of hydrogen-bond acceptors (Lipinski definition) is 7. The minimum Gasteiger partial charge on any atom is -0.494 e. The summed E-state index contributed by atoms with van der Waals surface area (Å²) in [5.74, 6) is 0.969. The highest BCUT2D eigenvalue weighted by molar-refractivity contribution is 5.33. The van der Waals surface area contributed by atoms with Crippen LogP contribution in [0.4, 0.5) is 0 Å². The van der Waals surface area contributed by atoms with Crippen molar-refractivity contribution >= 4 is 12.9 Å². The van der Waals surface area contributed by atoms with E-state index in [-0.39, 0.29) is 19.0 Å². The number of nitrogens with zero attached hydrogens (tertiary/aromatic N) is 4. The minimum absolute atomic E-state index is 0.118. The maximum atomic E-state index is 8.36. The Morgan fingerprint density at radius 2 is 1.84 bits per heavy atom. The first-order valence-electron chi connectivity index (χ1n) is 13.0. The SMILES string of the molecule is O=CO.O=CO.c1cc(CN2CCc3[nH]cnc3C2c2cccnc2)cc(OCCCN2CCCCC2)c1. The first-order valence-corrected chi connectivity index (χ1v) is 13.0. The van der Waals surface area contributed by atoms with E-state index in [9.17, 15) is 0 Å². The number of pyridine rings is 1. The predicted octanol–water partition coefficient (Wildman–Crippen LogP) is 3.61. The first-order chi connectivity index (χ1) is 18.7. The summed E-state index contributed by atoms with van der Waals surface area (Å²) in [6.07, 6.45) is 11.8. The number of fused-ring (bicyclic) bond motifs is 1. The molecule has 0 radical (unpaired) electrons. The van der Waals surface area contributed by atoms with Crippen LogP contribution in [0, 0.1) is 0 Å². The lowest BCUT2D eigenvalue weighted by atomic mass is 9.96. The van der Waals surface area contributed by atoms with Gasteiger partial charge in [0.15, 0.2) is 0 Å². The molecule has 0 aliphatic carbocycles. The molecule has 5 rings (SSSR count). The van der Waals surface area contributed by atoms with E-state index < -0.39 is 0 Å². The molecule has 0 bridgehead atoms. The number of nitrogens with one attached hydrogen (secondary N) is 1. The summed E-state index contributed by atoms with van der Waals surface area (Å²) in [6.45, 7) is 5.76. The second-order valence-corrected chi connectivity index (χ2v) is 9.14. The van der Waals surface area contributed by atoms with E-state index in [0.29, 0.717) is 0 Å². The molecule has 0 saturated carbocycles. The quantitative estimate of drug-likeness (QED) is 0.299. The Bertz CT molecular complexity index is 1080. The molecule has 1 unspecified atom stereocenters. The van der Waals surface area contributed by atoms with Crippen LogP contribution < -0.4 is 4.74 Å². The fourth-order valence-electron chi connectivity index (χ4n) is 5.03. The van der Waals surface area contributed by atoms with Gasteiger partial charge < -0.3 is 24.8 Å². The highest BCUT2D eigenvalue weighted by Crippen LogP contribution is 2.34. The second-order valence-electron chi connectivity index (χ2n) is 9.14. The standard InChI is InChI=1S/C26H33N5O.2CH2O2/c1-2-12-30(13-3-1)14-6-16-32-23-9-4-7-21(17-23)19-31-15-10-24-25(29-20-28-24)26(31)22-8-5-11-27-18-22;2*2-1-3/h4-5,7-9,11,17-18,20,26H,1-3,6,10,12-16,19H2,(H,28,29);2*1H,(H,2,3). The lowest BCUT2D eigenvalue weighted by Gasteiger charge is -2.35. The van der Waals surface area contributed by atoms with Gasteiger partial charge in [0.05, 0.1) is 24.7 Å². The zero-order valence-corrected chi connectivity index (χ0v) is 21.6.